The molecule has 0 aliphatic carbocycles. The van der Waals surface area contributed by atoms with E-state index < -0.39 is 91.5 Å². The number of phosphoric ester groups is 2. The number of rotatable bonds is 63. The molecule has 5 unspecified atom stereocenters. The third kappa shape index (κ3) is 63.8. The number of carbonyl (C=O) groups excluding carboxylic acids is 3. The van der Waals surface area contributed by atoms with E-state index in [9.17, 15) is 43.5 Å². The first kappa shape index (κ1) is 83.5. The standard InChI is InChI=1S/C69H120O16P2/c1-4-7-10-13-16-19-22-25-27-28-29-30-31-32-33-34-36-39-40-43-46-49-52-55-67(72)79-58-64(70)59-81-86(75,76)82-60-65(71)61-83-87(77,78)84-63-66(85-69(74)57-54-51-48-45-42-37-24-21-18-15-12-9-6-3)62-80-68(73)56-53-50-47-44-41-38-35-26-23-20-17-14-11-8-5-2/h8,11,16-17,19-21,24-27,29-30,32-33,35,64-66,70-71H,4-7,9-10,12-15,18,22-23,28,31,34,36-63H2,1-3H3,(H,75,76)(H,77,78)/b11-8-,19-16-,20-17-,24-21-,27-25-,30-29-,33-32-,35-26-. The van der Waals surface area contributed by atoms with Crippen molar-refractivity contribution in [3.05, 3.63) is 97.2 Å². The van der Waals surface area contributed by atoms with Crippen molar-refractivity contribution in [1.82, 2.24) is 0 Å². The van der Waals surface area contributed by atoms with Crippen LogP contribution in [-0.2, 0) is 55.8 Å². The Kier molecular flexibility index (Phi) is 60.1. The molecule has 0 aromatic heterocycles. The lowest BCUT2D eigenvalue weighted by Crippen LogP contribution is -2.30. The molecule has 16 nitrogen and oxygen atoms in total. The summed E-state index contributed by atoms with van der Waals surface area (Å²) in [6.07, 6.45) is 67.5. The quantitative estimate of drug-likeness (QED) is 0.0146. The van der Waals surface area contributed by atoms with Crippen molar-refractivity contribution in [1.29, 1.82) is 0 Å². The fourth-order valence-corrected chi connectivity index (χ4v) is 10.2. The van der Waals surface area contributed by atoms with E-state index in [4.69, 9.17) is 32.3 Å². The lowest BCUT2D eigenvalue weighted by molar-refractivity contribution is -0.161. The highest BCUT2D eigenvalue weighted by molar-refractivity contribution is 7.47. The molecule has 0 saturated carbocycles. The molecule has 0 saturated heterocycles. The van der Waals surface area contributed by atoms with Gasteiger partial charge in [-0.15, -0.1) is 0 Å². The van der Waals surface area contributed by atoms with Gasteiger partial charge in [0.15, 0.2) is 6.10 Å². The van der Waals surface area contributed by atoms with Gasteiger partial charge in [-0.05, 0) is 122 Å². The molecular weight excluding hydrogens is 1150 g/mol. The maximum absolute atomic E-state index is 12.9. The number of aliphatic hydroxyl groups is 2. The Balaban J connectivity index is 4.59. The van der Waals surface area contributed by atoms with Gasteiger partial charge in [-0.2, -0.15) is 0 Å². The van der Waals surface area contributed by atoms with Gasteiger partial charge in [0.25, 0.3) is 0 Å². The Morgan fingerprint density at radius 3 is 1.00 bits per heavy atom. The molecule has 5 atom stereocenters. The van der Waals surface area contributed by atoms with E-state index in [2.05, 4.69) is 118 Å². The number of phosphoric acid groups is 2. The van der Waals surface area contributed by atoms with Crippen molar-refractivity contribution in [2.45, 2.75) is 283 Å². The fourth-order valence-electron chi connectivity index (χ4n) is 8.62. The van der Waals surface area contributed by atoms with Gasteiger partial charge in [-0.3, -0.25) is 32.5 Å². The van der Waals surface area contributed by atoms with E-state index in [1.807, 2.05) is 0 Å². The van der Waals surface area contributed by atoms with Crippen LogP contribution in [-0.4, -0.2) is 95.9 Å². The Bertz CT molecular complexity index is 1980. The summed E-state index contributed by atoms with van der Waals surface area (Å²) in [5.41, 5.74) is 0. The van der Waals surface area contributed by atoms with Crippen LogP contribution in [0, 0.1) is 0 Å². The zero-order chi connectivity index (χ0) is 63.8. The van der Waals surface area contributed by atoms with Gasteiger partial charge in [-0.25, -0.2) is 9.13 Å². The van der Waals surface area contributed by atoms with Crippen LogP contribution in [0.1, 0.15) is 265 Å². The van der Waals surface area contributed by atoms with Crippen molar-refractivity contribution in [3.63, 3.8) is 0 Å². The van der Waals surface area contributed by atoms with Crippen LogP contribution < -0.4 is 0 Å². The van der Waals surface area contributed by atoms with Crippen molar-refractivity contribution in [2.75, 3.05) is 39.6 Å². The third-order valence-electron chi connectivity index (χ3n) is 13.8. The molecule has 0 spiro atoms. The van der Waals surface area contributed by atoms with E-state index in [-0.39, 0.29) is 19.3 Å². The Morgan fingerprint density at radius 1 is 0.333 bits per heavy atom. The van der Waals surface area contributed by atoms with Gasteiger partial charge in [0, 0.05) is 19.3 Å². The lowest BCUT2D eigenvalue weighted by atomic mass is 10.1. The van der Waals surface area contributed by atoms with E-state index in [0.29, 0.717) is 19.3 Å². The van der Waals surface area contributed by atoms with Gasteiger partial charge in [0.2, 0.25) is 0 Å². The lowest BCUT2D eigenvalue weighted by Gasteiger charge is -2.21. The highest BCUT2D eigenvalue weighted by atomic mass is 31.2. The maximum Gasteiger partial charge on any atom is 0.472 e. The summed E-state index contributed by atoms with van der Waals surface area (Å²) in [5.74, 6) is -1.61. The molecule has 18 heteroatoms. The van der Waals surface area contributed by atoms with E-state index in [0.717, 1.165) is 154 Å². The smallest absolute Gasteiger partial charge is 0.463 e. The van der Waals surface area contributed by atoms with Crippen LogP contribution >= 0.6 is 15.6 Å². The molecular formula is C69H120O16P2. The first-order valence-corrected chi connectivity index (χ1v) is 36.5. The molecule has 0 aliphatic rings. The number of hydrogen-bond donors (Lipinski definition) is 4. The zero-order valence-electron chi connectivity index (χ0n) is 54.2. The molecule has 4 N–H and O–H groups in total. The van der Waals surface area contributed by atoms with Crippen LogP contribution in [0.25, 0.3) is 0 Å². The number of aliphatic hydroxyl groups excluding tert-OH is 2. The molecule has 0 fully saturated rings. The number of esters is 3. The summed E-state index contributed by atoms with van der Waals surface area (Å²) in [6.45, 7) is 2.46. The first-order valence-electron chi connectivity index (χ1n) is 33.5. The van der Waals surface area contributed by atoms with Gasteiger partial charge in [0.05, 0.1) is 26.4 Å². The number of carbonyl (C=O) groups is 3. The van der Waals surface area contributed by atoms with Crippen molar-refractivity contribution in [3.8, 4) is 0 Å². The second-order valence-electron chi connectivity index (χ2n) is 22.2. The topological polar surface area (TPSA) is 231 Å². The third-order valence-corrected chi connectivity index (χ3v) is 15.7. The van der Waals surface area contributed by atoms with Gasteiger partial charge < -0.3 is 34.2 Å². The average molecular weight is 1270 g/mol. The molecule has 0 heterocycles. The van der Waals surface area contributed by atoms with Crippen molar-refractivity contribution < 1.29 is 75.8 Å². The minimum Gasteiger partial charge on any atom is -0.463 e. The summed E-state index contributed by atoms with van der Waals surface area (Å²) in [6, 6.07) is 0. The van der Waals surface area contributed by atoms with Gasteiger partial charge in [0.1, 0.15) is 25.4 Å². The van der Waals surface area contributed by atoms with E-state index in [1.165, 1.54) is 51.4 Å². The Labute approximate surface area is 527 Å². The maximum atomic E-state index is 12.9. The van der Waals surface area contributed by atoms with Gasteiger partial charge in [-0.1, -0.05) is 221 Å². The fraction of sp³-hybridized carbons (Fsp3) is 0.725. The molecule has 0 radical (unpaired) electrons. The van der Waals surface area contributed by atoms with E-state index in [1.54, 1.807) is 0 Å². The van der Waals surface area contributed by atoms with E-state index >= 15 is 0 Å². The Morgan fingerprint density at radius 2 is 0.609 bits per heavy atom. The van der Waals surface area contributed by atoms with Gasteiger partial charge >= 0.3 is 33.6 Å². The number of ether oxygens (including phenoxy) is 3. The summed E-state index contributed by atoms with van der Waals surface area (Å²) in [5, 5.41) is 20.5. The minimum atomic E-state index is -4.93. The summed E-state index contributed by atoms with van der Waals surface area (Å²) in [4.78, 5) is 58.3. The molecule has 87 heavy (non-hydrogen) atoms. The molecule has 0 aliphatic heterocycles. The average Bonchev–Trinajstić information content (AvgIpc) is 3.70. The summed E-state index contributed by atoms with van der Waals surface area (Å²) < 4.78 is 60.8. The Hall–Kier alpha value is -3.53. The van der Waals surface area contributed by atoms with Crippen LogP contribution in [0.4, 0.5) is 0 Å². The highest BCUT2D eigenvalue weighted by Gasteiger charge is 2.29. The molecule has 0 aromatic rings. The predicted molar refractivity (Wildman–Crippen MR) is 353 cm³/mol. The molecule has 0 aromatic carbocycles. The van der Waals surface area contributed by atoms with Crippen LogP contribution in [0.2, 0.25) is 0 Å². The number of unbranched alkanes of at least 4 members (excludes halogenated alkanes) is 24. The highest BCUT2D eigenvalue weighted by Crippen LogP contribution is 2.45. The minimum absolute atomic E-state index is 0.0896. The van der Waals surface area contributed by atoms with Crippen molar-refractivity contribution in [2.24, 2.45) is 0 Å². The SMILES string of the molecule is CC/C=C\C/C=C\C/C=C\CCCCCCCC(=O)OCC(COP(=O)(O)OCC(O)COP(=O)(O)OCC(O)COC(=O)CCCCCCCCC/C=C\C/C=C\C/C=C\C/C=C\CCCCC)OC(=O)CCCCCCC/C=C\CCCCCC. The second kappa shape index (κ2) is 62.7. The zero-order valence-corrected chi connectivity index (χ0v) is 56.0. The second-order valence-corrected chi connectivity index (χ2v) is 25.1. The molecule has 0 amide bonds. The van der Waals surface area contributed by atoms with Crippen LogP contribution in [0.5, 0.6) is 0 Å². The van der Waals surface area contributed by atoms with Crippen LogP contribution in [0.15, 0.2) is 97.2 Å². The van der Waals surface area contributed by atoms with Crippen molar-refractivity contribution >= 4 is 33.6 Å². The first-order chi connectivity index (χ1) is 42.2. The molecule has 0 rings (SSSR count). The monoisotopic (exact) mass is 1270 g/mol. The largest absolute Gasteiger partial charge is 0.472 e. The number of allylic oxidation sites excluding steroid dienone is 16. The number of hydrogen-bond acceptors (Lipinski definition) is 14. The summed E-state index contributed by atoms with van der Waals surface area (Å²) in [7, 11) is -9.78. The molecule has 0 bridgehead atoms. The van der Waals surface area contributed by atoms with Crippen LogP contribution in [0.3, 0.4) is 0 Å². The molecule has 502 valence electrons. The predicted octanol–water partition coefficient (Wildman–Crippen LogP) is 18.3. The summed E-state index contributed by atoms with van der Waals surface area (Å²) >= 11 is 0. The normalized spacial score (nSPS) is 14.9.